The highest BCUT2D eigenvalue weighted by molar-refractivity contribution is 14.0. The minimum atomic E-state index is 0. The molecule has 0 amide bonds. The van der Waals surface area contributed by atoms with Gasteiger partial charge in [-0.1, -0.05) is 19.4 Å². The first kappa shape index (κ1) is 24.8. The van der Waals surface area contributed by atoms with Gasteiger partial charge in [0.05, 0.1) is 19.3 Å². The molecule has 2 saturated heterocycles. The Balaban J connectivity index is 0.00000300. The summed E-state index contributed by atoms with van der Waals surface area (Å²) < 4.78 is 5.54. The van der Waals surface area contributed by atoms with Gasteiger partial charge in [-0.3, -0.25) is 9.89 Å². The number of thiophene rings is 1. The monoisotopic (exact) mass is 535 g/mol. The molecule has 29 heavy (non-hydrogen) atoms. The highest BCUT2D eigenvalue weighted by Crippen LogP contribution is 2.25. The van der Waals surface area contributed by atoms with Crippen LogP contribution in [0.15, 0.2) is 22.5 Å². The molecule has 2 aliphatic heterocycles. The summed E-state index contributed by atoms with van der Waals surface area (Å²) in [6.07, 6.45) is 4.11. The molecule has 3 rings (SSSR count). The van der Waals surface area contributed by atoms with Gasteiger partial charge < -0.3 is 20.3 Å². The van der Waals surface area contributed by atoms with Crippen LogP contribution >= 0.6 is 35.3 Å². The number of rotatable bonds is 8. The molecular formula is C21H38IN5OS. The second-order valence-corrected chi connectivity index (χ2v) is 8.96. The summed E-state index contributed by atoms with van der Waals surface area (Å²) in [6, 6.07) is 4.75. The number of ether oxygens (including phenoxy) is 1. The zero-order valence-electron chi connectivity index (χ0n) is 17.9. The molecule has 2 aliphatic rings. The number of aliphatic imine (C=N–C) groups is 1. The molecule has 0 bridgehead atoms. The molecule has 1 aromatic heterocycles. The Morgan fingerprint density at radius 1 is 1.14 bits per heavy atom. The average Bonchev–Trinajstić information content (AvgIpc) is 3.26. The molecular weight excluding hydrogens is 497 g/mol. The van der Waals surface area contributed by atoms with Crippen LogP contribution in [0.1, 0.15) is 37.1 Å². The number of hydrogen-bond donors (Lipinski definition) is 2. The maximum atomic E-state index is 5.54. The third kappa shape index (κ3) is 8.32. The van der Waals surface area contributed by atoms with Crippen molar-refractivity contribution >= 4 is 41.3 Å². The Kier molecular flexibility index (Phi) is 11.8. The molecule has 0 aliphatic carbocycles. The van der Waals surface area contributed by atoms with Gasteiger partial charge in [0, 0.05) is 44.6 Å². The van der Waals surface area contributed by atoms with Crippen LogP contribution in [0.25, 0.3) is 0 Å². The van der Waals surface area contributed by atoms with E-state index < -0.39 is 0 Å². The lowest BCUT2D eigenvalue weighted by atomic mass is 10.1. The summed E-state index contributed by atoms with van der Waals surface area (Å²) in [5.41, 5.74) is 0. The summed E-state index contributed by atoms with van der Waals surface area (Å²) in [5.74, 6) is 1.52. The van der Waals surface area contributed by atoms with Gasteiger partial charge in [-0.25, -0.2) is 0 Å². The summed E-state index contributed by atoms with van der Waals surface area (Å²) in [5, 5.41) is 9.26. The van der Waals surface area contributed by atoms with Gasteiger partial charge in [-0.15, -0.1) is 35.3 Å². The average molecular weight is 536 g/mol. The lowest BCUT2D eigenvalue weighted by Crippen LogP contribution is -2.47. The third-order valence-corrected chi connectivity index (χ3v) is 6.65. The zero-order chi connectivity index (χ0) is 19.6. The highest BCUT2D eigenvalue weighted by Gasteiger charge is 2.23. The van der Waals surface area contributed by atoms with Crippen LogP contribution < -0.4 is 10.6 Å². The van der Waals surface area contributed by atoms with Crippen LogP contribution in [0.2, 0.25) is 0 Å². The number of morpholine rings is 1. The first-order valence-corrected chi connectivity index (χ1v) is 11.7. The van der Waals surface area contributed by atoms with Crippen molar-refractivity contribution in [3.05, 3.63) is 22.4 Å². The first-order chi connectivity index (χ1) is 13.8. The van der Waals surface area contributed by atoms with Crippen LogP contribution in [0.4, 0.5) is 0 Å². The number of halogens is 1. The molecule has 2 atom stereocenters. The van der Waals surface area contributed by atoms with Crippen LogP contribution in [0, 0.1) is 5.92 Å². The summed E-state index contributed by atoms with van der Waals surface area (Å²) in [6.45, 7) is 11.5. The molecule has 6 nitrogen and oxygen atoms in total. The normalized spacial score (nSPS) is 21.2. The predicted molar refractivity (Wildman–Crippen MR) is 134 cm³/mol. The standard InChI is InChI=1S/C21H37N5OS.HI/c1-18(17-25-8-4-3-5-9-25)15-23-21(22-2)24-16-19(20-7-6-14-28-20)26-10-12-27-13-11-26;/h6-7,14,18-19H,3-5,8-13,15-17H2,1-2H3,(H2,22,23,24);1H. The van der Waals surface area contributed by atoms with Crippen molar-refractivity contribution in [1.82, 2.24) is 20.4 Å². The second-order valence-electron chi connectivity index (χ2n) is 7.98. The van der Waals surface area contributed by atoms with Crippen LogP contribution in [0.3, 0.4) is 0 Å². The van der Waals surface area contributed by atoms with E-state index in [4.69, 9.17) is 4.74 Å². The molecule has 3 heterocycles. The Morgan fingerprint density at radius 3 is 2.52 bits per heavy atom. The van der Waals surface area contributed by atoms with E-state index in [2.05, 4.69) is 49.9 Å². The van der Waals surface area contributed by atoms with E-state index in [9.17, 15) is 0 Å². The van der Waals surface area contributed by atoms with Crippen LogP contribution in [-0.2, 0) is 4.74 Å². The summed E-state index contributed by atoms with van der Waals surface area (Å²) in [7, 11) is 1.86. The van der Waals surface area contributed by atoms with Gasteiger partial charge in [-0.2, -0.15) is 0 Å². The molecule has 2 fully saturated rings. The Labute approximate surface area is 197 Å². The minimum Gasteiger partial charge on any atom is -0.379 e. The Morgan fingerprint density at radius 2 is 1.86 bits per heavy atom. The fourth-order valence-electron chi connectivity index (χ4n) is 4.11. The van der Waals surface area contributed by atoms with Gasteiger partial charge in [0.1, 0.15) is 0 Å². The molecule has 1 aromatic rings. The van der Waals surface area contributed by atoms with E-state index in [0.29, 0.717) is 12.0 Å². The number of hydrogen-bond acceptors (Lipinski definition) is 5. The van der Waals surface area contributed by atoms with Crippen molar-refractivity contribution in [2.75, 3.05) is 66.1 Å². The van der Waals surface area contributed by atoms with Crippen molar-refractivity contribution in [1.29, 1.82) is 0 Å². The van der Waals surface area contributed by atoms with E-state index in [-0.39, 0.29) is 24.0 Å². The maximum Gasteiger partial charge on any atom is 0.191 e. The van der Waals surface area contributed by atoms with Crippen molar-refractivity contribution in [2.24, 2.45) is 10.9 Å². The van der Waals surface area contributed by atoms with Crippen molar-refractivity contribution < 1.29 is 4.74 Å². The molecule has 0 radical (unpaired) electrons. The molecule has 0 spiro atoms. The number of guanidine groups is 1. The van der Waals surface area contributed by atoms with Crippen molar-refractivity contribution in [3.63, 3.8) is 0 Å². The van der Waals surface area contributed by atoms with E-state index in [0.717, 1.165) is 45.4 Å². The largest absolute Gasteiger partial charge is 0.379 e. The summed E-state index contributed by atoms with van der Waals surface area (Å²) >= 11 is 1.83. The van der Waals surface area contributed by atoms with Crippen molar-refractivity contribution in [3.8, 4) is 0 Å². The quantitative estimate of drug-likeness (QED) is 0.305. The fourth-order valence-corrected chi connectivity index (χ4v) is 4.97. The van der Waals surface area contributed by atoms with E-state index in [1.54, 1.807) is 0 Å². The lowest BCUT2D eigenvalue weighted by Gasteiger charge is -2.34. The predicted octanol–water partition coefficient (Wildman–Crippen LogP) is 3.03. The van der Waals surface area contributed by atoms with E-state index >= 15 is 0 Å². The molecule has 0 aromatic carbocycles. The number of nitrogens with zero attached hydrogens (tertiary/aromatic N) is 3. The molecule has 166 valence electrons. The molecule has 2 N–H and O–H groups in total. The fraction of sp³-hybridized carbons (Fsp3) is 0.762. The van der Waals surface area contributed by atoms with E-state index in [1.807, 2.05) is 18.4 Å². The van der Waals surface area contributed by atoms with Gasteiger partial charge >= 0.3 is 0 Å². The number of nitrogens with one attached hydrogen (secondary N) is 2. The molecule has 0 saturated carbocycles. The van der Waals surface area contributed by atoms with E-state index in [1.165, 1.54) is 43.8 Å². The smallest absolute Gasteiger partial charge is 0.191 e. The zero-order valence-corrected chi connectivity index (χ0v) is 21.1. The highest BCUT2D eigenvalue weighted by atomic mass is 127. The minimum absolute atomic E-state index is 0. The number of piperidine rings is 1. The van der Waals surface area contributed by atoms with Crippen LogP contribution in [0.5, 0.6) is 0 Å². The second kappa shape index (κ2) is 13.8. The Bertz CT molecular complexity index is 574. The third-order valence-electron chi connectivity index (χ3n) is 5.68. The lowest BCUT2D eigenvalue weighted by molar-refractivity contribution is 0.0177. The Hall–Kier alpha value is -0.420. The van der Waals surface area contributed by atoms with Crippen molar-refractivity contribution in [2.45, 2.75) is 32.2 Å². The SMILES string of the molecule is CN=C(NCC(C)CN1CCCCC1)NCC(c1cccs1)N1CCOCC1.I. The molecule has 8 heteroatoms. The first-order valence-electron chi connectivity index (χ1n) is 10.8. The number of likely N-dealkylation sites (tertiary alicyclic amines) is 1. The summed E-state index contributed by atoms with van der Waals surface area (Å²) in [4.78, 5) is 11.0. The van der Waals surface area contributed by atoms with Gasteiger partial charge in [0.25, 0.3) is 0 Å². The molecule has 2 unspecified atom stereocenters. The maximum absolute atomic E-state index is 5.54. The topological polar surface area (TPSA) is 52.1 Å². The van der Waals surface area contributed by atoms with Gasteiger partial charge in [-0.05, 0) is 43.3 Å². The van der Waals surface area contributed by atoms with Gasteiger partial charge in [0.2, 0.25) is 0 Å². The van der Waals surface area contributed by atoms with Crippen LogP contribution in [-0.4, -0.2) is 81.8 Å². The van der Waals surface area contributed by atoms with Gasteiger partial charge in [0.15, 0.2) is 5.96 Å².